The first-order valence-corrected chi connectivity index (χ1v) is 3.14. The average Bonchev–Trinajstić information content (AvgIpc) is 1.82. The van der Waals surface area contributed by atoms with Crippen LogP contribution in [0.4, 0.5) is 8.78 Å². The molecule has 0 amide bonds. The molecular weight excluding hydrogens is 138 g/mol. The molecule has 0 aromatic carbocycles. The van der Waals surface area contributed by atoms with E-state index in [1.54, 1.807) is 6.92 Å². The third kappa shape index (κ3) is 4.44. The van der Waals surface area contributed by atoms with Crippen molar-refractivity contribution in [1.29, 1.82) is 0 Å². The summed E-state index contributed by atoms with van der Waals surface area (Å²) in [4.78, 5) is 0. The summed E-state index contributed by atoms with van der Waals surface area (Å²) in [6.07, 6.45) is -3.55. The largest absolute Gasteiger partial charge is 0.387 e. The number of aliphatic hydroxyl groups excluding tert-OH is 1. The number of rotatable bonds is 4. The van der Waals surface area contributed by atoms with Crippen molar-refractivity contribution in [2.75, 3.05) is 0 Å². The summed E-state index contributed by atoms with van der Waals surface area (Å²) in [7, 11) is 0. The maximum atomic E-state index is 11.6. The van der Waals surface area contributed by atoms with Gasteiger partial charge in [-0.2, -0.15) is 0 Å². The summed E-state index contributed by atoms with van der Waals surface area (Å²) in [5.41, 5.74) is 0.819. The van der Waals surface area contributed by atoms with Crippen molar-refractivity contribution in [2.24, 2.45) is 0 Å². The molecule has 0 spiro atoms. The molecule has 3 heteroatoms. The lowest BCUT2D eigenvalue weighted by atomic mass is 10.1. The number of halogens is 2. The number of allylic oxidation sites excluding steroid dienone is 1. The van der Waals surface area contributed by atoms with Crippen LogP contribution in [0, 0.1) is 0 Å². The van der Waals surface area contributed by atoms with Gasteiger partial charge in [0.15, 0.2) is 0 Å². The molecule has 0 saturated carbocycles. The van der Waals surface area contributed by atoms with Gasteiger partial charge in [-0.15, -0.1) is 6.58 Å². The highest BCUT2D eigenvalue weighted by atomic mass is 19.3. The van der Waals surface area contributed by atoms with Crippen molar-refractivity contribution in [2.45, 2.75) is 32.3 Å². The summed E-state index contributed by atoms with van der Waals surface area (Å²) < 4.78 is 23.2. The Labute approximate surface area is 59.4 Å². The summed E-state index contributed by atoms with van der Waals surface area (Å²) in [6.45, 7) is 5.28. The highest BCUT2D eigenvalue weighted by molar-refractivity contribution is 4.88. The lowest BCUT2D eigenvalue weighted by Crippen LogP contribution is -2.16. The zero-order chi connectivity index (χ0) is 8.15. The third-order valence-corrected chi connectivity index (χ3v) is 1.16. The molecule has 0 radical (unpaired) electrons. The first-order chi connectivity index (χ1) is 4.54. The Bertz CT molecular complexity index is 112. The standard InChI is InChI=1S/C7H12F2O/c1-5(2)3-4-6(10)7(8)9/h6-7,10H,1,3-4H2,2H3. The molecule has 0 heterocycles. The van der Waals surface area contributed by atoms with Gasteiger partial charge in [0.1, 0.15) is 6.10 Å². The molecule has 0 saturated heterocycles. The Morgan fingerprint density at radius 1 is 1.60 bits per heavy atom. The Morgan fingerprint density at radius 3 is 2.40 bits per heavy atom. The highest BCUT2D eigenvalue weighted by Crippen LogP contribution is 2.10. The molecule has 60 valence electrons. The zero-order valence-electron chi connectivity index (χ0n) is 5.98. The maximum absolute atomic E-state index is 11.6. The van der Waals surface area contributed by atoms with Crippen LogP contribution in [0.25, 0.3) is 0 Å². The van der Waals surface area contributed by atoms with E-state index in [2.05, 4.69) is 6.58 Å². The molecule has 0 aliphatic carbocycles. The van der Waals surface area contributed by atoms with E-state index in [9.17, 15) is 8.78 Å². The molecule has 0 aromatic rings. The molecule has 0 rings (SSSR count). The van der Waals surface area contributed by atoms with Crippen LogP contribution < -0.4 is 0 Å². The SMILES string of the molecule is C=C(C)CCC(O)C(F)F. The second-order valence-corrected chi connectivity index (χ2v) is 2.40. The molecule has 1 N–H and O–H groups in total. The minimum absolute atomic E-state index is 0.104. The molecule has 0 bridgehead atoms. The predicted molar refractivity (Wildman–Crippen MR) is 36.1 cm³/mol. The molecule has 1 unspecified atom stereocenters. The molecule has 1 nitrogen and oxygen atoms in total. The van der Waals surface area contributed by atoms with E-state index >= 15 is 0 Å². The van der Waals surface area contributed by atoms with Gasteiger partial charge in [0.2, 0.25) is 0 Å². The fourth-order valence-corrected chi connectivity index (χ4v) is 0.520. The molecule has 0 fully saturated rings. The van der Waals surface area contributed by atoms with Crippen molar-refractivity contribution in [3.05, 3.63) is 12.2 Å². The summed E-state index contributed by atoms with van der Waals surface area (Å²) in [5.74, 6) is 0. The van der Waals surface area contributed by atoms with Gasteiger partial charge in [0.05, 0.1) is 0 Å². The fourth-order valence-electron chi connectivity index (χ4n) is 0.520. The minimum Gasteiger partial charge on any atom is -0.387 e. The van der Waals surface area contributed by atoms with E-state index in [1.165, 1.54) is 0 Å². The average molecular weight is 150 g/mol. The quantitative estimate of drug-likeness (QED) is 0.607. The molecule has 0 aliphatic heterocycles. The van der Waals surface area contributed by atoms with E-state index in [0.717, 1.165) is 5.57 Å². The van der Waals surface area contributed by atoms with Gasteiger partial charge in [0.25, 0.3) is 6.43 Å². The van der Waals surface area contributed by atoms with E-state index < -0.39 is 12.5 Å². The van der Waals surface area contributed by atoms with Crippen LogP contribution in [0.5, 0.6) is 0 Å². The fraction of sp³-hybridized carbons (Fsp3) is 0.714. The Morgan fingerprint density at radius 2 is 2.10 bits per heavy atom. The van der Waals surface area contributed by atoms with Gasteiger partial charge < -0.3 is 5.11 Å². The van der Waals surface area contributed by atoms with E-state index in [1.807, 2.05) is 0 Å². The Balaban J connectivity index is 3.39. The number of hydrogen-bond donors (Lipinski definition) is 1. The van der Waals surface area contributed by atoms with E-state index in [0.29, 0.717) is 6.42 Å². The normalized spacial score (nSPS) is 13.7. The Kier molecular flexibility index (Phi) is 4.19. The molecule has 0 aliphatic rings. The van der Waals surface area contributed by atoms with Gasteiger partial charge in [-0.1, -0.05) is 5.57 Å². The van der Waals surface area contributed by atoms with Crippen molar-refractivity contribution in [1.82, 2.24) is 0 Å². The van der Waals surface area contributed by atoms with Crippen molar-refractivity contribution in [3.63, 3.8) is 0 Å². The number of hydrogen-bond acceptors (Lipinski definition) is 1. The van der Waals surface area contributed by atoms with Crippen LogP contribution in [-0.2, 0) is 0 Å². The predicted octanol–water partition coefficient (Wildman–Crippen LogP) is 1.97. The number of alkyl halides is 2. The summed E-state index contributed by atoms with van der Waals surface area (Å²) in [6, 6.07) is 0. The van der Waals surface area contributed by atoms with Crippen molar-refractivity contribution >= 4 is 0 Å². The van der Waals surface area contributed by atoms with Crippen molar-refractivity contribution < 1.29 is 13.9 Å². The maximum Gasteiger partial charge on any atom is 0.264 e. The van der Waals surface area contributed by atoms with Crippen molar-refractivity contribution in [3.8, 4) is 0 Å². The summed E-state index contributed by atoms with van der Waals surface area (Å²) in [5, 5.41) is 8.58. The Hall–Kier alpha value is -0.440. The lowest BCUT2D eigenvalue weighted by Gasteiger charge is -2.07. The van der Waals surface area contributed by atoms with Gasteiger partial charge in [-0.25, -0.2) is 8.78 Å². The first kappa shape index (κ1) is 9.56. The van der Waals surface area contributed by atoms with Crippen LogP contribution in [0.1, 0.15) is 19.8 Å². The van der Waals surface area contributed by atoms with Crippen LogP contribution in [0.3, 0.4) is 0 Å². The minimum atomic E-state index is -2.63. The smallest absolute Gasteiger partial charge is 0.264 e. The topological polar surface area (TPSA) is 20.2 Å². The molecule has 10 heavy (non-hydrogen) atoms. The van der Waals surface area contributed by atoms with Crippen LogP contribution in [0.2, 0.25) is 0 Å². The zero-order valence-corrected chi connectivity index (χ0v) is 5.98. The van der Waals surface area contributed by atoms with E-state index in [4.69, 9.17) is 5.11 Å². The van der Waals surface area contributed by atoms with Gasteiger partial charge in [0, 0.05) is 0 Å². The van der Waals surface area contributed by atoms with Crippen LogP contribution in [-0.4, -0.2) is 17.6 Å². The van der Waals surface area contributed by atoms with E-state index in [-0.39, 0.29) is 6.42 Å². The highest BCUT2D eigenvalue weighted by Gasteiger charge is 2.15. The van der Waals surface area contributed by atoms with Crippen LogP contribution >= 0.6 is 0 Å². The monoisotopic (exact) mass is 150 g/mol. The number of aliphatic hydroxyl groups is 1. The molecule has 1 atom stereocenters. The molecule has 0 aromatic heterocycles. The lowest BCUT2D eigenvalue weighted by molar-refractivity contribution is -0.00846. The second kappa shape index (κ2) is 4.39. The van der Waals surface area contributed by atoms with Gasteiger partial charge >= 0.3 is 0 Å². The van der Waals surface area contributed by atoms with Crippen LogP contribution in [0.15, 0.2) is 12.2 Å². The van der Waals surface area contributed by atoms with Gasteiger partial charge in [-0.05, 0) is 19.8 Å². The van der Waals surface area contributed by atoms with Gasteiger partial charge in [-0.3, -0.25) is 0 Å². The molecular formula is C7H12F2O. The first-order valence-electron chi connectivity index (χ1n) is 3.14. The third-order valence-electron chi connectivity index (χ3n) is 1.16. The second-order valence-electron chi connectivity index (χ2n) is 2.40. The summed E-state index contributed by atoms with van der Waals surface area (Å²) >= 11 is 0.